The standard InChI is InChI=1S/C18H21N3O3S/c22-16(14-3-11-25-13-14)21-8-4-18(5-9-21)12-15(2-10-23-18)24-17-19-6-1-7-20-17/h1,3,6-7,11,13,15H,2,4-5,8-10,12H2. The fourth-order valence-electron chi connectivity index (χ4n) is 3.61. The van der Waals surface area contributed by atoms with Crippen LogP contribution < -0.4 is 4.74 Å². The highest BCUT2D eigenvalue weighted by Crippen LogP contribution is 2.36. The van der Waals surface area contributed by atoms with Crippen molar-refractivity contribution in [3.8, 4) is 6.01 Å². The van der Waals surface area contributed by atoms with Gasteiger partial charge in [-0.15, -0.1) is 0 Å². The smallest absolute Gasteiger partial charge is 0.316 e. The van der Waals surface area contributed by atoms with Crippen LogP contribution in [0.4, 0.5) is 0 Å². The van der Waals surface area contributed by atoms with Crippen molar-refractivity contribution in [2.24, 2.45) is 0 Å². The molecule has 2 saturated heterocycles. The summed E-state index contributed by atoms with van der Waals surface area (Å²) in [5.74, 6) is 0.123. The molecule has 1 unspecified atom stereocenters. The molecule has 0 radical (unpaired) electrons. The molecule has 25 heavy (non-hydrogen) atoms. The van der Waals surface area contributed by atoms with Crippen molar-refractivity contribution in [2.75, 3.05) is 19.7 Å². The second-order valence-electron chi connectivity index (χ2n) is 6.60. The second kappa shape index (κ2) is 7.09. The SMILES string of the molecule is O=C(c1ccsc1)N1CCC2(CC1)CC(Oc1ncccn1)CCO2. The van der Waals surface area contributed by atoms with E-state index >= 15 is 0 Å². The Morgan fingerprint density at radius 3 is 2.84 bits per heavy atom. The lowest BCUT2D eigenvalue weighted by Crippen LogP contribution is -2.52. The van der Waals surface area contributed by atoms with Crippen LogP contribution in [0.25, 0.3) is 0 Å². The highest BCUT2D eigenvalue weighted by Gasteiger charge is 2.42. The molecule has 0 aliphatic carbocycles. The molecule has 7 heteroatoms. The van der Waals surface area contributed by atoms with Crippen molar-refractivity contribution < 1.29 is 14.3 Å². The predicted octanol–water partition coefficient (Wildman–Crippen LogP) is 2.77. The third-order valence-corrected chi connectivity index (χ3v) is 5.68. The first-order chi connectivity index (χ1) is 12.2. The van der Waals surface area contributed by atoms with Gasteiger partial charge in [-0.3, -0.25) is 4.79 Å². The monoisotopic (exact) mass is 359 g/mol. The summed E-state index contributed by atoms with van der Waals surface area (Å²) in [6, 6.07) is 4.09. The van der Waals surface area contributed by atoms with Gasteiger partial charge in [0.2, 0.25) is 0 Å². The zero-order valence-corrected chi connectivity index (χ0v) is 14.8. The Bertz CT molecular complexity index is 700. The average Bonchev–Trinajstić information content (AvgIpc) is 3.18. The third kappa shape index (κ3) is 3.67. The maximum Gasteiger partial charge on any atom is 0.316 e. The molecule has 0 N–H and O–H groups in total. The predicted molar refractivity (Wildman–Crippen MR) is 93.8 cm³/mol. The van der Waals surface area contributed by atoms with Gasteiger partial charge in [0.25, 0.3) is 5.91 Å². The Hall–Kier alpha value is -1.99. The minimum atomic E-state index is -0.191. The fraction of sp³-hybridized carbons (Fsp3) is 0.500. The molecule has 1 spiro atoms. The van der Waals surface area contributed by atoms with Crippen molar-refractivity contribution in [1.29, 1.82) is 0 Å². The van der Waals surface area contributed by atoms with Gasteiger partial charge in [0, 0.05) is 43.7 Å². The van der Waals surface area contributed by atoms with Crippen LogP contribution in [0.1, 0.15) is 36.0 Å². The normalized spacial score (nSPS) is 22.7. The van der Waals surface area contributed by atoms with Crippen molar-refractivity contribution in [3.05, 3.63) is 40.8 Å². The Kier molecular flexibility index (Phi) is 4.67. The second-order valence-corrected chi connectivity index (χ2v) is 7.38. The van der Waals surface area contributed by atoms with Gasteiger partial charge in [-0.25, -0.2) is 9.97 Å². The molecule has 1 atom stereocenters. The lowest BCUT2D eigenvalue weighted by Gasteiger charge is -2.45. The molecule has 6 nitrogen and oxygen atoms in total. The largest absolute Gasteiger partial charge is 0.460 e. The van der Waals surface area contributed by atoms with Gasteiger partial charge < -0.3 is 14.4 Å². The molecule has 4 rings (SSSR count). The molecule has 2 aromatic heterocycles. The van der Waals surface area contributed by atoms with E-state index in [0.717, 1.165) is 44.3 Å². The molecule has 0 bridgehead atoms. The molecular weight excluding hydrogens is 338 g/mol. The van der Waals surface area contributed by atoms with Crippen LogP contribution in [0, 0.1) is 0 Å². The summed E-state index contributed by atoms with van der Waals surface area (Å²) in [5.41, 5.74) is 0.594. The summed E-state index contributed by atoms with van der Waals surface area (Å²) in [7, 11) is 0. The number of hydrogen-bond donors (Lipinski definition) is 0. The van der Waals surface area contributed by atoms with Crippen LogP contribution in [0.3, 0.4) is 0 Å². The summed E-state index contributed by atoms with van der Waals surface area (Å²) in [4.78, 5) is 22.7. The zero-order chi connectivity index (χ0) is 17.1. The zero-order valence-electron chi connectivity index (χ0n) is 14.0. The van der Waals surface area contributed by atoms with Crippen LogP contribution in [0.5, 0.6) is 6.01 Å². The molecule has 0 aromatic carbocycles. The van der Waals surface area contributed by atoms with Crippen molar-refractivity contribution >= 4 is 17.2 Å². The number of likely N-dealkylation sites (tertiary alicyclic amines) is 1. The molecule has 2 aliphatic rings. The molecule has 2 aromatic rings. The molecule has 2 aliphatic heterocycles. The average molecular weight is 359 g/mol. The molecule has 0 saturated carbocycles. The van der Waals surface area contributed by atoms with Crippen molar-refractivity contribution in [3.63, 3.8) is 0 Å². The van der Waals surface area contributed by atoms with Crippen molar-refractivity contribution in [1.82, 2.24) is 14.9 Å². The van der Waals surface area contributed by atoms with Crippen LogP contribution in [-0.4, -0.2) is 52.2 Å². The summed E-state index contributed by atoms with van der Waals surface area (Å²) in [6.07, 6.45) is 6.80. The highest BCUT2D eigenvalue weighted by atomic mass is 32.1. The molecule has 2 fully saturated rings. The number of carbonyl (C=O) groups excluding carboxylic acids is 1. The van der Waals surface area contributed by atoms with Gasteiger partial charge >= 0.3 is 6.01 Å². The van der Waals surface area contributed by atoms with Crippen molar-refractivity contribution in [2.45, 2.75) is 37.4 Å². The van der Waals surface area contributed by atoms with Crippen LogP contribution in [-0.2, 0) is 4.74 Å². The third-order valence-electron chi connectivity index (χ3n) is 4.99. The summed E-state index contributed by atoms with van der Waals surface area (Å²) in [6.45, 7) is 2.13. The summed E-state index contributed by atoms with van der Waals surface area (Å²) >= 11 is 1.55. The van der Waals surface area contributed by atoms with E-state index < -0.39 is 0 Å². The van der Waals surface area contributed by atoms with Gasteiger partial charge in [-0.05, 0) is 30.4 Å². The maximum atomic E-state index is 12.5. The van der Waals surface area contributed by atoms with Crippen LogP contribution in [0.15, 0.2) is 35.3 Å². The topological polar surface area (TPSA) is 64.6 Å². The molecule has 132 valence electrons. The van der Waals surface area contributed by atoms with E-state index in [4.69, 9.17) is 9.47 Å². The minimum absolute atomic E-state index is 0.0651. The van der Waals surface area contributed by atoms with E-state index in [-0.39, 0.29) is 17.6 Å². The van der Waals surface area contributed by atoms with Gasteiger partial charge in [-0.2, -0.15) is 11.3 Å². The van der Waals surface area contributed by atoms with Gasteiger partial charge in [0.1, 0.15) is 6.10 Å². The van der Waals surface area contributed by atoms with Gasteiger partial charge in [0.05, 0.1) is 17.8 Å². The number of piperidine rings is 1. The lowest BCUT2D eigenvalue weighted by molar-refractivity contribution is -0.136. The van der Waals surface area contributed by atoms with E-state index in [9.17, 15) is 4.79 Å². The quantitative estimate of drug-likeness (QED) is 0.843. The number of ether oxygens (including phenoxy) is 2. The van der Waals surface area contributed by atoms with E-state index in [1.54, 1.807) is 29.8 Å². The first-order valence-corrected chi connectivity index (χ1v) is 9.58. The summed E-state index contributed by atoms with van der Waals surface area (Å²) < 4.78 is 12.1. The molecular formula is C18H21N3O3S. The van der Waals surface area contributed by atoms with E-state index in [2.05, 4.69) is 9.97 Å². The Morgan fingerprint density at radius 2 is 2.12 bits per heavy atom. The van der Waals surface area contributed by atoms with E-state index in [1.165, 1.54) is 0 Å². The van der Waals surface area contributed by atoms with Crippen LogP contribution in [0.2, 0.25) is 0 Å². The number of amides is 1. The number of aromatic nitrogens is 2. The first-order valence-electron chi connectivity index (χ1n) is 8.63. The Balaban J connectivity index is 1.36. The number of hydrogen-bond acceptors (Lipinski definition) is 6. The number of thiophene rings is 1. The molecule has 1 amide bonds. The first kappa shape index (κ1) is 16.5. The number of carbonyl (C=O) groups is 1. The van der Waals surface area contributed by atoms with E-state index in [1.807, 2.05) is 21.7 Å². The lowest BCUT2D eigenvalue weighted by atomic mass is 9.83. The Labute approximate surface area is 150 Å². The summed E-state index contributed by atoms with van der Waals surface area (Å²) in [5, 5.41) is 3.85. The van der Waals surface area contributed by atoms with Gasteiger partial charge in [0.15, 0.2) is 0 Å². The van der Waals surface area contributed by atoms with Gasteiger partial charge in [-0.1, -0.05) is 0 Å². The number of nitrogens with zero attached hydrogens (tertiary/aromatic N) is 3. The Morgan fingerprint density at radius 1 is 1.32 bits per heavy atom. The van der Waals surface area contributed by atoms with Crippen LogP contribution >= 0.6 is 11.3 Å². The number of rotatable bonds is 3. The minimum Gasteiger partial charge on any atom is -0.460 e. The molecule has 4 heterocycles. The fourth-order valence-corrected chi connectivity index (χ4v) is 4.24. The maximum absolute atomic E-state index is 12.5. The highest BCUT2D eigenvalue weighted by molar-refractivity contribution is 7.08. The van der Waals surface area contributed by atoms with E-state index in [0.29, 0.717) is 12.6 Å².